The van der Waals surface area contributed by atoms with Gasteiger partial charge < -0.3 is 14.6 Å². The van der Waals surface area contributed by atoms with Crippen LogP contribution in [-0.4, -0.2) is 28.3 Å². The summed E-state index contributed by atoms with van der Waals surface area (Å²) in [6.07, 6.45) is 2.85. The molecule has 5 nitrogen and oxygen atoms in total. The number of nitrogens with zero attached hydrogens (tertiary/aromatic N) is 1. The van der Waals surface area contributed by atoms with Crippen LogP contribution in [0.5, 0.6) is 0 Å². The lowest BCUT2D eigenvalue weighted by molar-refractivity contribution is -0.00690. The molecule has 0 spiro atoms. The van der Waals surface area contributed by atoms with Crippen LogP contribution in [0.1, 0.15) is 60.3 Å². The van der Waals surface area contributed by atoms with Crippen molar-refractivity contribution in [2.75, 3.05) is 6.54 Å². The Morgan fingerprint density at radius 3 is 2.73 bits per heavy atom. The molecule has 0 saturated carbocycles. The molecule has 2 aliphatic rings. The maximum Gasteiger partial charge on any atom is 0.410 e. The quantitative estimate of drug-likeness (QED) is 0.618. The van der Waals surface area contributed by atoms with Gasteiger partial charge in [0.25, 0.3) is 0 Å². The third-order valence-corrected chi connectivity index (χ3v) is 6.92. The van der Waals surface area contributed by atoms with E-state index in [9.17, 15) is 9.59 Å². The molecule has 1 aliphatic heterocycles. The minimum Gasteiger partial charge on any atom is -0.445 e. The minimum absolute atomic E-state index is 0.150. The van der Waals surface area contributed by atoms with Crippen molar-refractivity contribution in [3.05, 3.63) is 71.4 Å². The van der Waals surface area contributed by atoms with Gasteiger partial charge in [0.1, 0.15) is 6.61 Å². The third-order valence-electron chi connectivity index (χ3n) is 6.92. The smallest absolute Gasteiger partial charge is 0.410 e. The van der Waals surface area contributed by atoms with Crippen molar-refractivity contribution in [3.63, 3.8) is 0 Å². The highest BCUT2D eigenvalue weighted by Gasteiger charge is 2.52. The van der Waals surface area contributed by atoms with E-state index in [-0.39, 0.29) is 29.9 Å². The highest BCUT2D eigenvalue weighted by molar-refractivity contribution is 6.04. The Hall–Kier alpha value is -3.08. The molecule has 1 amide bonds. The molecule has 0 bridgehead atoms. The predicted molar refractivity (Wildman–Crippen MR) is 115 cm³/mol. The summed E-state index contributed by atoms with van der Waals surface area (Å²) < 4.78 is 5.73. The van der Waals surface area contributed by atoms with E-state index in [1.54, 1.807) is 0 Å². The number of aromatic amines is 1. The van der Waals surface area contributed by atoms with E-state index in [0.29, 0.717) is 18.7 Å². The van der Waals surface area contributed by atoms with Crippen LogP contribution in [0.2, 0.25) is 0 Å². The van der Waals surface area contributed by atoms with Gasteiger partial charge in [-0.15, -0.1) is 0 Å². The minimum atomic E-state index is -0.299. The standard InChI is InChI=1S/C25H26N2O3/c1-2-25-13-8-14-27(24(29)30-16-17-9-4-3-5-10-17)23(25)21-18-11-6-7-12-19(18)26-22(21)20(28)15-25/h3-7,9-12,23,26H,2,8,13-16H2,1H3. The molecular formula is C25H26N2O3. The fourth-order valence-corrected chi connectivity index (χ4v) is 5.41. The van der Waals surface area contributed by atoms with E-state index in [1.165, 1.54) is 0 Å². The van der Waals surface area contributed by atoms with Crippen LogP contribution >= 0.6 is 0 Å². The molecule has 2 unspecified atom stereocenters. The number of fused-ring (bicyclic) bond motifs is 5. The first kappa shape index (κ1) is 18.9. The van der Waals surface area contributed by atoms with E-state index in [1.807, 2.05) is 59.5 Å². The van der Waals surface area contributed by atoms with Crippen molar-refractivity contribution in [2.24, 2.45) is 5.41 Å². The summed E-state index contributed by atoms with van der Waals surface area (Å²) in [6, 6.07) is 17.6. The van der Waals surface area contributed by atoms with Gasteiger partial charge in [0.2, 0.25) is 0 Å². The molecule has 1 saturated heterocycles. The molecule has 5 heteroatoms. The number of rotatable bonds is 3. The van der Waals surface area contributed by atoms with E-state index in [0.717, 1.165) is 41.3 Å². The van der Waals surface area contributed by atoms with Gasteiger partial charge in [-0.05, 0) is 30.9 Å². The first-order valence-electron chi connectivity index (χ1n) is 10.7. The molecule has 0 radical (unpaired) electrons. The number of aromatic nitrogens is 1. The Morgan fingerprint density at radius 1 is 1.17 bits per heavy atom. The number of Topliss-reactive ketones (excluding diaryl/α,β-unsaturated/α-hetero) is 1. The summed E-state index contributed by atoms with van der Waals surface area (Å²) in [5.74, 6) is 0.152. The zero-order valence-corrected chi connectivity index (χ0v) is 17.2. The largest absolute Gasteiger partial charge is 0.445 e. The molecule has 1 N–H and O–H groups in total. The fourth-order valence-electron chi connectivity index (χ4n) is 5.41. The molecule has 154 valence electrons. The predicted octanol–water partition coefficient (Wildman–Crippen LogP) is 5.62. The molecular weight excluding hydrogens is 376 g/mol. The summed E-state index contributed by atoms with van der Waals surface area (Å²) in [6.45, 7) is 3.04. The second-order valence-electron chi connectivity index (χ2n) is 8.51. The van der Waals surface area contributed by atoms with Crippen LogP contribution in [0.15, 0.2) is 54.6 Å². The number of para-hydroxylation sites is 1. The van der Waals surface area contributed by atoms with Gasteiger partial charge >= 0.3 is 6.09 Å². The molecule has 1 aliphatic carbocycles. The van der Waals surface area contributed by atoms with Gasteiger partial charge in [-0.2, -0.15) is 0 Å². The summed E-state index contributed by atoms with van der Waals surface area (Å²) in [5.41, 5.74) is 3.31. The Labute approximate surface area is 176 Å². The number of benzene rings is 2. The molecule has 2 atom stereocenters. The number of H-pyrrole nitrogens is 1. The summed E-state index contributed by atoms with van der Waals surface area (Å²) in [5, 5.41) is 1.03. The number of likely N-dealkylation sites (tertiary alicyclic amines) is 1. The van der Waals surface area contributed by atoms with Crippen LogP contribution in [0.25, 0.3) is 10.9 Å². The normalized spacial score (nSPS) is 23.2. The number of carbonyl (C=O) groups is 2. The first-order valence-corrected chi connectivity index (χ1v) is 10.7. The Kier molecular flexibility index (Phi) is 4.61. The molecule has 30 heavy (non-hydrogen) atoms. The van der Waals surface area contributed by atoms with Gasteiger partial charge in [-0.3, -0.25) is 4.79 Å². The van der Waals surface area contributed by atoms with E-state index in [2.05, 4.69) is 11.9 Å². The number of piperidine rings is 1. The van der Waals surface area contributed by atoms with Crippen molar-refractivity contribution in [1.82, 2.24) is 9.88 Å². The van der Waals surface area contributed by atoms with Crippen molar-refractivity contribution < 1.29 is 14.3 Å². The van der Waals surface area contributed by atoms with Crippen LogP contribution in [-0.2, 0) is 11.3 Å². The van der Waals surface area contributed by atoms with Crippen LogP contribution in [0.4, 0.5) is 4.79 Å². The summed E-state index contributed by atoms with van der Waals surface area (Å²) in [7, 11) is 0. The van der Waals surface area contributed by atoms with Gasteiger partial charge in [-0.1, -0.05) is 55.5 Å². The Balaban J connectivity index is 1.55. The van der Waals surface area contributed by atoms with Gasteiger partial charge in [0.15, 0.2) is 5.78 Å². The highest BCUT2D eigenvalue weighted by atomic mass is 16.6. The average Bonchev–Trinajstić information content (AvgIpc) is 3.18. The second kappa shape index (κ2) is 7.31. The van der Waals surface area contributed by atoms with Crippen molar-refractivity contribution in [1.29, 1.82) is 0 Å². The lowest BCUT2D eigenvalue weighted by Crippen LogP contribution is -2.51. The van der Waals surface area contributed by atoms with Gasteiger partial charge in [-0.25, -0.2) is 4.79 Å². The topological polar surface area (TPSA) is 62.4 Å². The summed E-state index contributed by atoms with van der Waals surface area (Å²) >= 11 is 0. The van der Waals surface area contributed by atoms with Gasteiger partial charge in [0.05, 0.1) is 11.7 Å². The average molecular weight is 402 g/mol. The molecule has 3 aromatic rings. The number of amides is 1. The number of nitrogens with one attached hydrogen (secondary N) is 1. The van der Waals surface area contributed by atoms with Crippen molar-refractivity contribution in [3.8, 4) is 0 Å². The van der Waals surface area contributed by atoms with E-state index >= 15 is 0 Å². The number of ketones is 1. The Bertz CT molecular complexity index is 1100. The highest BCUT2D eigenvalue weighted by Crippen LogP contribution is 2.56. The molecule has 2 aromatic carbocycles. The van der Waals surface area contributed by atoms with E-state index < -0.39 is 0 Å². The monoisotopic (exact) mass is 402 g/mol. The first-order chi connectivity index (χ1) is 14.6. The maximum atomic E-state index is 13.2. The molecule has 5 rings (SSSR count). The van der Waals surface area contributed by atoms with Crippen LogP contribution in [0, 0.1) is 5.41 Å². The lowest BCUT2D eigenvalue weighted by atomic mass is 9.62. The second-order valence-corrected chi connectivity index (χ2v) is 8.51. The Morgan fingerprint density at radius 2 is 1.93 bits per heavy atom. The zero-order valence-electron chi connectivity index (χ0n) is 17.2. The lowest BCUT2D eigenvalue weighted by Gasteiger charge is -2.51. The SMILES string of the molecule is CCC12CCCN(C(=O)OCc3ccccc3)C1c1c([nH]c3ccccc13)C(=O)C2. The van der Waals surface area contributed by atoms with Gasteiger partial charge in [0, 0.05) is 34.8 Å². The summed E-state index contributed by atoms with van der Waals surface area (Å²) in [4.78, 5) is 31.5. The third kappa shape index (κ3) is 2.92. The molecule has 2 heterocycles. The van der Waals surface area contributed by atoms with E-state index in [4.69, 9.17) is 4.74 Å². The van der Waals surface area contributed by atoms with Crippen LogP contribution < -0.4 is 0 Å². The number of ether oxygens (including phenoxy) is 1. The zero-order chi connectivity index (χ0) is 20.7. The number of hydrogen-bond acceptors (Lipinski definition) is 3. The van der Waals surface area contributed by atoms with Crippen molar-refractivity contribution in [2.45, 2.75) is 45.3 Å². The number of hydrogen-bond donors (Lipinski definition) is 1. The molecule has 1 aromatic heterocycles. The van der Waals surface area contributed by atoms with Crippen molar-refractivity contribution >= 4 is 22.8 Å². The van der Waals surface area contributed by atoms with Crippen LogP contribution in [0.3, 0.4) is 0 Å². The number of carbonyl (C=O) groups excluding carboxylic acids is 2. The fraction of sp³-hybridized carbons (Fsp3) is 0.360. The maximum absolute atomic E-state index is 13.2. The molecule has 1 fully saturated rings.